The molecule has 0 radical (unpaired) electrons. The van der Waals surface area contributed by atoms with E-state index in [2.05, 4.69) is 5.32 Å². The molecule has 1 aliphatic heterocycles. The maximum absolute atomic E-state index is 11.7. The van der Waals surface area contributed by atoms with Gasteiger partial charge in [-0.15, -0.1) is 0 Å². The number of amides is 1. The number of carbonyl (C=O) groups excluding carboxylic acids is 1. The molecule has 1 atom stereocenters. The Kier molecular flexibility index (Phi) is 4.46. The SMILES string of the molecule is O=C(CC[C@H]1CCCO1)Nc1cccc([N+](=O)[O-])c1. The molecule has 1 aliphatic rings. The molecule has 0 unspecified atom stereocenters. The third kappa shape index (κ3) is 4.03. The maximum atomic E-state index is 11.7. The minimum absolute atomic E-state index is 0.0306. The largest absolute Gasteiger partial charge is 0.378 e. The number of hydrogen-bond acceptors (Lipinski definition) is 4. The van der Waals surface area contributed by atoms with Crippen LogP contribution in [0.1, 0.15) is 25.7 Å². The van der Waals surface area contributed by atoms with Crippen LogP contribution in [0.2, 0.25) is 0 Å². The Morgan fingerprint density at radius 3 is 3.05 bits per heavy atom. The summed E-state index contributed by atoms with van der Waals surface area (Å²) in [5.41, 5.74) is 0.420. The van der Waals surface area contributed by atoms with Crippen LogP contribution in [-0.2, 0) is 9.53 Å². The second kappa shape index (κ2) is 6.29. The number of nitro benzene ring substituents is 1. The topological polar surface area (TPSA) is 81.5 Å². The van der Waals surface area contributed by atoms with Crippen molar-refractivity contribution in [2.45, 2.75) is 31.8 Å². The number of nitrogens with zero attached hydrogens (tertiary/aromatic N) is 1. The van der Waals surface area contributed by atoms with E-state index in [-0.39, 0.29) is 17.7 Å². The molecule has 0 aliphatic carbocycles. The predicted molar refractivity (Wildman–Crippen MR) is 69.9 cm³/mol. The van der Waals surface area contributed by atoms with E-state index in [1.807, 2.05) is 0 Å². The van der Waals surface area contributed by atoms with E-state index in [1.54, 1.807) is 12.1 Å². The lowest BCUT2D eigenvalue weighted by Crippen LogP contribution is -2.15. The highest BCUT2D eigenvalue weighted by molar-refractivity contribution is 5.91. The summed E-state index contributed by atoms with van der Waals surface area (Å²) < 4.78 is 5.43. The summed E-state index contributed by atoms with van der Waals surface area (Å²) in [4.78, 5) is 21.8. The van der Waals surface area contributed by atoms with Crippen LogP contribution in [0.5, 0.6) is 0 Å². The van der Waals surface area contributed by atoms with Gasteiger partial charge in [-0.2, -0.15) is 0 Å². The first-order valence-electron chi connectivity index (χ1n) is 6.31. The average Bonchev–Trinajstić information content (AvgIpc) is 2.90. The molecule has 0 bridgehead atoms. The minimum atomic E-state index is -0.484. The van der Waals surface area contributed by atoms with Crippen LogP contribution in [0.4, 0.5) is 11.4 Å². The summed E-state index contributed by atoms with van der Waals surface area (Å²) in [6.45, 7) is 0.775. The van der Waals surface area contributed by atoms with Crippen molar-refractivity contribution in [3.63, 3.8) is 0 Å². The zero-order valence-electron chi connectivity index (χ0n) is 10.5. The Labute approximate surface area is 110 Å². The molecule has 1 aromatic carbocycles. The van der Waals surface area contributed by atoms with Gasteiger partial charge in [-0.25, -0.2) is 0 Å². The molecule has 0 spiro atoms. The predicted octanol–water partition coefficient (Wildman–Crippen LogP) is 2.49. The maximum Gasteiger partial charge on any atom is 0.271 e. The normalized spacial score (nSPS) is 18.2. The van der Waals surface area contributed by atoms with Crippen LogP contribution in [0, 0.1) is 10.1 Å². The van der Waals surface area contributed by atoms with Gasteiger partial charge >= 0.3 is 0 Å². The Bertz CT molecular complexity index is 469. The van der Waals surface area contributed by atoms with Crippen LogP contribution in [0.15, 0.2) is 24.3 Å². The lowest BCUT2D eigenvalue weighted by Gasteiger charge is -2.09. The molecule has 6 heteroatoms. The quantitative estimate of drug-likeness (QED) is 0.654. The van der Waals surface area contributed by atoms with E-state index in [1.165, 1.54) is 12.1 Å². The second-order valence-electron chi connectivity index (χ2n) is 4.53. The number of ether oxygens (including phenoxy) is 1. The van der Waals surface area contributed by atoms with Crippen molar-refractivity contribution < 1.29 is 14.5 Å². The summed E-state index contributed by atoms with van der Waals surface area (Å²) in [6.07, 6.45) is 3.30. The second-order valence-corrected chi connectivity index (χ2v) is 4.53. The van der Waals surface area contributed by atoms with Gasteiger partial charge in [0.05, 0.1) is 11.0 Å². The molecule has 2 rings (SSSR count). The van der Waals surface area contributed by atoms with Gasteiger partial charge in [-0.1, -0.05) is 6.07 Å². The fourth-order valence-electron chi connectivity index (χ4n) is 2.08. The van der Waals surface area contributed by atoms with Crippen molar-refractivity contribution in [3.05, 3.63) is 34.4 Å². The molecule has 1 saturated heterocycles. The van der Waals surface area contributed by atoms with Crippen LogP contribution in [0.3, 0.4) is 0 Å². The molecule has 19 heavy (non-hydrogen) atoms. The molecular formula is C13H16N2O4. The molecular weight excluding hydrogens is 248 g/mol. The highest BCUT2D eigenvalue weighted by atomic mass is 16.6. The third-order valence-electron chi connectivity index (χ3n) is 3.06. The van der Waals surface area contributed by atoms with Crippen LogP contribution < -0.4 is 5.32 Å². The van der Waals surface area contributed by atoms with Gasteiger partial charge in [-0.3, -0.25) is 14.9 Å². The van der Waals surface area contributed by atoms with Crippen molar-refractivity contribution in [2.75, 3.05) is 11.9 Å². The number of nitro groups is 1. The van der Waals surface area contributed by atoms with Gasteiger partial charge in [0.1, 0.15) is 0 Å². The van der Waals surface area contributed by atoms with Gasteiger partial charge in [0.2, 0.25) is 5.91 Å². The highest BCUT2D eigenvalue weighted by Crippen LogP contribution is 2.19. The summed E-state index contributed by atoms with van der Waals surface area (Å²) in [6, 6.07) is 5.93. The highest BCUT2D eigenvalue weighted by Gasteiger charge is 2.17. The molecule has 1 heterocycles. The number of rotatable bonds is 5. The summed E-state index contributed by atoms with van der Waals surface area (Å²) in [5.74, 6) is -0.143. The Hall–Kier alpha value is -1.95. The summed E-state index contributed by atoms with van der Waals surface area (Å²) in [7, 11) is 0. The Morgan fingerprint density at radius 2 is 2.37 bits per heavy atom. The van der Waals surface area contributed by atoms with Gasteiger partial charge in [0.15, 0.2) is 0 Å². The number of non-ortho nitro benzene ring substituents is 1. The number of anilines is 1. The van der Waals surface area contributed by atoms with E-state index in [9.17, 15) is 14.9 Å². The first kappa shape index (κ1) is 13.5. The average molecular weight is 264 g/mol. The fraction of sp³-hybridized carbons (Fsp3) is 0.462. The van der Waals surface area contributed by atoms with Gasteiger partial charge in [0, 0.05) is 30.8 Å². The number of nitrogens with one attached hydrogen (secondary N) is 1. The summed E-state index contributed by atoms with van der Waals surface area (Å²) >= 11 is 0. The van der Waals surface area contributed by atoms with E-state index in [0.29, 0.717) is 18.5 Å². The lowest BCUT2D eigenvalue weighted by atomic mass is 10.1. The van der Waals surface area contributed by atoms with E-state index < -0.39 is 4.92 Å². The zero-order chi connectivity index (χ0) is 13.7. The molecule has 1 aromatic rings. The van der Waals surface area contributed by atoms with Crippen molar-refractivity contribution in [3.8, 4) is 0 Å². The first-order valence-corrected chi connectivity index (χ1v) is 6.31. The van der Waals surface area contributed by atoms with E-state index in [4.69, 9.17) is 4.74 Å². The van der Waals surface area contributed by atoms with Crippen LogP contribution in [-0.4, -0.2) is 23.5 Å². The van der Waals surface area contributed by atoms with Crippen LogP contribution >= 0.6 is 0 Å². The van der Waals surface area contributed by atoms with Gasteiger partial charge in [0.25, 0.3) is 5.69 Å². The van der Waals surface area contributed by atoms with Gasteiger partial charge in [-0.05, 0) is 25.3 Å². The third-order valence-corrected chi connectivity index (χ3v) is 3.06. The van der Waals surface area contributed by atoms with E-state index >= 15 is 0 Å². The fourth-order valence-corrected chi connectivity index (χ4v) is 2.08. The van der Waals surface area contributed by atoms with Crippen molar-refractivity contribution in [2.24, 2.45) is 0 Å². The van der Waals surface area contributed by atoms with Crippen molar-refractivity contribution in [1.82, 2.24) is 0 Å². The van der Waals surface area contributed by atoms with Gasteiger partial charge < -0.3 is 10.1 Å². The standard InChI is InChI=1S/C13H16N2O4/c16-13(7-6-12-5-2-8-19-12)14-10-3-1-4-11(9-10)15(17)18/h1,3-4,9,12H,2,5-8H2,(H,14,16)/t12-/m1/s1. The minimum Gasteiger partial charge on any atom is -0.378 e. The van der Waals surface area contributed by atoms with Crippen molar-refractivity contribution >= 4 is 17.3 Å². The Morgan fingerprint density at radius 1 is 1.53 bits per heavy atom. The molecule has 1 N–H and O–H groups in total. The number of carbonyl (C=O) groups is 1. The molecule has 0 aromatic heterocycles. The molecule has 0 saturated carbocycles. The van der Waals surface area contributed by atoms with Crippen molar-refractivity contribution in [1.29, 1.82) is 0 Å². The van der Waals surface area contributed by atoms with Crippen LogP contribution in [0.25, 0.3) is 0 Å². The zero-order valence-corrected chi connectivity index (χ0v) is 10.5. The molecule has 1 amide bonds. The number of benzene rings is 1. The van der Waals surface area contributed by atoms with E-state index in [0.717, 1.165) is 19.4 Å². The number of hydrogen-bond donors (Lipinski definition) is 1. The lowest BCUT2D eigenvalue weighted by molar-refractivity contribution is -0.384. The summed E-state index contributed by atoms with van der Waals surface area (Å²) in [5, 5.41) is 13.3. The monoisotopic (exact) mass is 264 g/mol. The molecule has 1 fully saturated rings. The first-order chi connectivity index (χ1) is 9.15. The molecule has 102 valence electrons. The molecule has 6 nitrogen and oxygen atoms in total. The smallest absolute Gasteiger partial charge is 0.271 e. The Balaban J connectivity index is 1.84.